The van der Waals surface area contributed by atoms with Gasteiger partial charge in [0.05, 0.1) is 6.10 Å². The molecule has 0 saturated heterocycles. The first-order valence-corrected chi connectivity index (χ1v) is 2.89. The van der Waals surface area contributed by atoms with Crippen LogP contribution in [0.4, 0.5) is 0 Å². The molecule has 1 radical (unpaired) electrons. The predicted molar refractivity (Wildman–Crippen MR) is 31.8 cm³/mol. The molecule has 0 spiro atoms. The Kier molecular flexibility index (Phi) is 5.01. The SMILES string of the molecule is C[C](O)CCCCO. The molecular formula is C6H13O2. The number of hydrogen-bond acceptors (Lipinski definition) is 2. The lowest BCUT2D eigenvalue weighted by Crippen LogP contribution is -1.89. The molecule has 2 N–H and O–H groups in total. The molecular weight excluding hydrogens is 104 g/mol. The van der Waals surface area contributed by atoms with Gasteiger partial charge in [-0.2, -0.15) is 0 Å². The van der Waals surface area contributed by atoms with E-state index in [1.165, 1.54) is 0 Å². The predicted octanol–water partition coefficient (Wildman–Crippen LogP) is 1.07. The average Bonchev–Trinajstić information content (AvgIpc) is 1.66. The number of aliphatic hydroxyl groups excluding tert-OH is 2. The number of hydrogen-bond donors (Lipinski definition) is 2. The molecule has 0 aliphatic heterocycles. The molecule has 0 aliphatic rings. The highest BCUT2D eigenvalue weighted by atomic mass is 16.3. The van der Waals surface area contributed by atoms with Crippen LogP contribution < -0.4 is 0 Å². The van der Waals surface area contributed by atoms with Crippen LogP contribution >= 0.6 is 0 Å². The lowest BCUT2D eigenvalue weighted by molar-refractivity contribution is 0.261. The van der Waals surface area contributed by atoms with E-state index in [1.54, 1.807) is 6.92 Å². The second kappa shape index (κ2) is 5.06. The molecule has 0 aromatic rings. The van der Waals surface area contributed by atoms with E-state index >= 15 is 0 Å². The molecule has 0 fully saturated rings. The molecule has 49 valence electrons. The van der Waals surface area contributed by atoms with Crippen molar-refractivity contribution < 1.29 is 10.2 Å². The van der Waals surface area contributed by atoms with Gasteiger partial charge in [0.1, 0.15) is 0 Å². The topological polar surface area (TPSA) is 40.5 Å². The van der Waals surface area contributed by atoms with Gasteiger partial charge in [-0.1, -0.05) is 0 Å². The van der Waals surface area contributed by atoms with E-state index in [-0.39, 0.29) is 6.61 Å². The molecule has 0 atom stereocenters. The number of unbranched alkanes of at least 4 members (excludes halogenated alkanes) is 1. The zero-order valence-corrected chi connectivity index (χ0v) is 5.22. The molecule has 0 aliphatic carbocycles. The van der Waals surface area contributed by atoms with Gasteiger partial charge in [0.25, 0.3) is 0 Å². The first-order chi connectivity index (χ1) is 3.77. The summed E-state index contributed by atoms with van der Waals surface area (Å²) in [5, 5.41) is 16.9. The lowest BCUT2D eigenvalue weighted by atomic mass is 10.2. The fourth-order valence-corrected chi connectivity index (χ4v) is 0.493. The molecule has 0 aromatic heterocycles. The minimum Gasteiger partial charge on any atom is -0.396 e. The Bertz CT molecular complexity index is 43.8. The van der Waals surface area contributed by atoms with E-state index in [2.05, 4.69) is 0 Å². The van der Waals surface area contributed by atoms with Crippen LogP contribution in [0.25, 0.3) is 0 Å². The van der Waals surface area contributed by atoms with Crippen LogP contribution in [0, 0.1) is 6.10 Å². The van der Waals surface area contributed by atoms with Crippen molar-refractivity contribution >= 4 is 0 Å². The maximum absolute atomic E-state index is 8.61. The summed E-state index contributed by atoms with van der Waals surface area (Å²) >= 11 is 0. The smallest absolute Gasteiger partial charge is 0.0902 e. The summed E-state index contributed by atoms with van der Waals surface area (Å²) in [6.07, 6.45) is 2.86. The second-order valence-corrected chi connectivity index (χ2v) is 1.92. The van der Waals surface area contributed by atoms with Gasteiger partial charge in [-0.25, -0.2) is 0 Å². The van der Waals surface area contributed by atoms with E-state index in [9.17, 15) is 0 Å². The zero-order valence-electron chi connectivity index (χ0n) is 5.22. The summed E-state index contributed by atoms with van der Waals surface area (Å²) in [6, 6.07) is 0. The van der Waals surface area contributed by atoms with Crippen LogP contribution in [0.5, 0.6) is 0 Å². The highest BCUT2D eigenvalue weighted by Gasteiger charge is 1.93. The Labute approximate surface area is 50.2 Å². The first-order valence-electron chi connectivity index (χ1n) is 2.89. The maximum Gasteiger partial charge on any atom is 0.0902 e. The van der Waals surface area contributed by atoms with Gasteiger partial charge in [-0.05, 0) is 26.2 Å². The third-order valence-electron chi connectivity index (χ3n) is 0.947. The largest absolute Gasteiger partial charge is 0.396 e. The minimum atomic E-state index is 0.229. The molecule has 0 aromatic carbocycles. The van der Waals surface area contributed by atoms with E-state index in [1.807, 2.05) is 0 Å². The Morgan fingerprint density at radius 1 is 1.38 bits per heavy atom. The van der Waals surface area contributed by atoms with Crippen molar-refractivity contribution in [2.24, 2.45) is 0 Å². The van der Waals surface area contributed by atoms with E-state index in [0.29, 0.717) is 6.10 Å². The summed E-state index contributed by atoms with van der Waals surface area (Å²) in [4.78, 5) is 0. The van der Waals surface area contributed by atoms with Crippen LogP contribution in [-0.2, 0) is 0 Å². The van der Waals surface area contributed by atoms with Gasteiger partial charge in [0.15, 0.2) is 0 Å². The van der Waals surface area contributed by atoms with Crippen molar-refractivity contribution in [3.8, 4) is 0 Å². The van der Waals surface area contributed by atoms with Gasteiger partial charge in [-0.3, -0.25) is 0 Å². The standard InChI is InChI=1S/C6H13O2/c1-6(8)4-2-3-5-7/h7-8H,2-5H2,1H3. The molecule has 0 unspecified atom stereocenters. The molecule has 8 heavy (non-hydrogen) atoms. The zero-order chi connectivity index (χ0) is 6.41. The van der Waals surface area contributed by atoms with E-state index in [4.69, 9.17) is 10.2 Å². The van der Waals surface area contributed by atoms with Crippen LogP contribution in [0.3, 0.4) is 0 Å². The van der Waals surface area contributed by atoms with Crippen molar-refractivity contribution in [1.82, 2.24) is 0 Å². The Morgan fingerprint density at radius 3 is 2.38 bits per heavy atom. The number of aliphatic hydroxyl groups is 2. The Hall–Kier alpha value is -0.0800. The Balaban J connectivity index is 2.72. The fourth-order valence-electron chi connectivity index (χ4n) is 0.493. The maximum atomic E-state index is 8.61. The van der Waals surface area contributed by atoms with Crippen molar-refractivity contribution in [3.05, 3.63) is 6.10 Å². The summed E-state index contributed by atoms with van der Waals surface area (Å²) in [7, 11) is 0. The molecule has 0 rings (SSSR count). The highest BCUT2D eigenvalue weighted by molar-refractivity contribution is 4.65. The summed E-state index contributed by atoms with van der Waals surface area (Å²) in [5.41, 5.74) is 0. The van der Waals surface area contributed by atoms with Crippen molar-refractivity contribution in [2.45, 2.75) is 26.2 Å². The van der Waals surface area contributed by atoms with Gasteiger partial charge in [0.2, 0.25) is 0 Å². The number of rotatable bonds is 4. The van der Waals surface area contributed by atoms with Crippen molar-refractivity contribution in [3.63, 3.8) is 0 Å². The summed E-state index contributed by atoms with van der Waals surface area (Å²) < 4.78 is 0. The lowest BCUT2D eigenvalue weighted by Gasteiger charge is -1.98. The molecule has 2 nitrogen and oxygen atoms in total. The van der Waals surface area contributed by atoms with Gasteiger partial charge >= 0.3 is 0 Å². The molecule has 0 bridgehead atoms. The Morgan fingerprint density at radius 2 is 2.00 bits per heavy atom. The van der Waals surface area contributed by atoms with Crippen LogP contribution in [0.15, 0.2) is 0 Å². The third kappa shape index (κ3) is 5.92. The van der Waals surface area contributed by atoms with E-state index in [0.717, 1.165) is 19.3 Å². The summed E-state index contributed by atoms with van der Waals surface area (Å²) in [6.45, 7) is 1.91. The molecule has 0 saturated carbocycles. The molecule has 0 amide bonds. The van der Waals surface area contributed by atoms with Crippen LogP contribution in [-0.4, -0.2) is 16.8 Å². The normalized spacial score (nSPS) is 10.5. The first kappa shape index (κ1) is 7.92. The van der Waals surface area contributed by atoms with Crippen molar-refractivity contribution in [1.29, 1.82) is 0 Å². The van der Waals surface area contributed by atoms with E-state index < -0.39 is 0 Å². The average molecular weight is 117 g/mol. The summed E-state index contributed by atoms with van der Waals surface area (Å²) in [5.74, 6) is 0. The quantitative estimate of drug-likeness (QED) is 0.541. The van der Waals surface area contributed by atoms with Crippen LogP contribution in [0.2, 0.25) is 0 Å². The van der Waals surface area contributed by atoms with Gasteiger partial charge in [0, 0.05) is 6.61 Å². The fraction of sp³-hybridized carbons (Fsp3) is 0.833. The highest BCUT2D eigenvalue weighted by Crippen LogP contribution is 2.04. The van der Waals surface area contributed by atoms with Gasteiger partial charge < -0.3 is 10.2 Å². The molecule has 2 heteroatoms. The third-order valence-corrected chi connectivity index (χ3v) is 0.947. The monoisotopic (exact) mass is 117 g/mol. The molecule has 0 heterocycles. The minimum absolute atomic E-state index is 0.229. The van der Waals surface area contributed by atoms with Crippen molar-refractivity contribution in [2.75, 3.05) is 6.61 Å². The van der Waals surface area contributed by atoms with Crippen LogP contribution in [0.1, 0.15) is 26.2 Å². The van der Waals surface area contributed by atoms with Gasteiger partial charge in [-0.15, -0.1) is 0 Å². The second-order valence-electron chi connectivity index (χ2n) is 1.92.